The van der Waals surface area contributed by atoms with Gasteiger partial charge in [0.1, 0.15) is 0 Å². The Hall–Kier alpha value is -1.19. The number of anilines is 1. The molecule has 0 aliphatic rings. The van der Waals surface area contributed by atoms with E-state index in [9.17, 15) is 13.2 Å². The van der Waals surface area contributed by atoms with E-state index >= 15 is 0 Å². The zero-order valence-corrected chi connectivity index (χ0v) is 6.86. The molecule has 1 nitrogen and oxygen atoms in total. The van der Waals surface area contributed by atoms with Gasteiger partial charge in [0.25, 0.3) is 0 Å². The molecular weight excluding hydrogens is 179 g/mol. The molecule has 0 atom stereocenters. The second kappa shape index (κ2) is 3.68. The normalized spacial score (nSPS) is 11.4. The highest BCUT2D eigenvalue weighted by Gasteiger charge is 2.29. The first-order valence-electron chi connectivity index (χ1n) is 3.74. The first kappa shape index (κ1) is 9.89. The van der Waals surface area contributed by atoms with Crippen molar-refractivity contribution in [3.8, 4) is 0 Å². The number of hydrogen-bond donors (Lipinski definition) is 1. The van der Waals surface area contributed by atoms with E-state index in [1.165, 1.54) is 12.1 Å². The van der Waals surface area contributed by atoms with Crippen molar-refractivity contribution in [2.24, 2.45) is 0 Å². The van der Waals surface area contributed by atoms with Crippen LogP contribution in [0.3, 0.4) is 0 Å². The van der Waals surface area contributed by atoms with Crippen molar-refractivity contribution in [1.29, 1.82) is 0 Å². The van der Waals surface area contributed by atoms with Gasteiger partial charge in [-0.3, -0.25) is 0 Å². The Balaban J connectivity index is 2.81. The quantitative estimate of drug-likeness (QED) is 0.752. The summed E-state index contributed by atoms with van der Waals surface area (Å²) in [5, 5.41) is 2.81. The Morgan fingerprint density at radius 3 is 2.08 bits per heavy atom. The molecule has 0 saturated heterocycles. The summed E-state index contributed by atoms with van der Waals surface area (Å²) >= 11 is 0. The van der Waals surface area contributed by atoms with Crippen molar-refractivity contribution < 1.29 is 13.2 Å². The second-order valence-electron chi connectivity index (χ2n) is 2.50. The van der Waals surface area contributed by atoms with E-state index in [1.54, 1.807) is 0 Å². The molecule has 0 spiro atoms. The number of nitrogens with one attached hydrogen (secondary N) is 1. The van der Waals surface area contributed by atoms with Gasteiger partial charge in [0.15, 0.2) is 0 Å². The van der Waals surface area contributed by atoms with E-state index in [0.717, 1.165) is 12.1 Å². The maximum atomic E-state index is 12.1. The maximum Gasteiger partial charge on any atom is 0.416 e. The Kier molecular flexibility index (Phi) is 2.80. The Bertz CT molecular complexity index is 263. The lowest BCUT2D eigenvalue weighted by Crippen LogP contribution is -2.05. The van der Waals surface area contributed by atoms with Gasteiger partial charge in [0, 0.05) is 12.2 Å². The van der Waals surface area contributed by atoms with Gasteiger partial charge in [0.05, 0.1) is 5.56 Å². The molecule has 0 heterocycles. The monoisotopic (exact) mass is 188 g/mol. The van der Waals surface area contributed by atoms with Crippen molar-refractivity contribution in [2.75, 3.05) is 11.9 Å². The highest BCUT2D eigenvalue weighted by atomic mass is 19.4. The summed E-state index contributed by atoms with van der Waals surface area (Å²) in [5.41, 5.74) is 0.00473. The highest BCUT2D eigenvalue weighted by Crippen LogP contribution is 2.29. The first-order valence-corrected chi connectivity index (χ1v) is 3.74. The predicted octanol–water partition coefficient (Wildman–Crippen LogP) is 2.95. The third-order valence-corrected chi connectivity index (χ3v) is 1.54. The first-order chi connectivity index (χ1) is 6.04. The van der Waals surface area contributed by atoms with E-state index in [1.807, 2.05) is 0 Å². The summed E-state index contributed by atoms with van der Waals surface area (Å²) in [6, 6.07) is 4.85. The Morgan fingerprint density at radius 1 is 1.15 bits per heavy atom. The molecule has 0 unspecified atom stereocenters. The van der Waals surface area contributed by atoms with Gasteiger partial charge in [-0.25, -0.2) is 0 Å². The smallest absolute Gasteiger partial charge is 0.385 e. The number of hydrogen-bond acceptors (Lipinski definition) is 1. The minimum absolute atomic E-state index is 0.450. The molecule has 0 saturated carbocycles. The lowest BCUT2D eigenvalue weighted by molar-refractivity contribution is -0.137. The molecule has 0 aliphatic carbocycles. The molecule has 0 aromatic heterocycles. The van der Waals surface area contributed by atoms with E-state index < -0.39 is 11.7 Å². The van der Waals surface area contributed by atoms with Crippen LogP contribution in [0.2, 0.25) is 0 Å². The van der Waals surface area contributed by atoms with E-state index in [-0.39, 0.29) is 0 Å². The van der Waals surface area contributed by atoms with Gasteiger partial charge in [-0.1, -0.05) is 0 Å². The third kappa shape index (κ3) is 2.65. The molecule has 4 heteroatoms. The van der Waals surface area contributed by atoms with Gasteiger partial charge in [-0.15, -0.1) is 0 Å². The Labute approximate surface area is 74.6 Å². The number of benzene rings is 1. The average Bonchev–Trinajstić information content (AvgIpc) is 2.04. The minimum Gasteiger partial charge on any atom is -0.385 e. The van der Waals surface area contributed by atoms with Crippen LogP contribution >= 0.6 is 0 Å². The zero-order chi connectivity index (χ0) is 9.90. The molecule has 1 aromatic carbocycles. The molecule has 1 aromatic rings. The number of rotatable bonds is 2. The fourth-order valence-electron chi connectivity index (χ4n) is 0.921. The van der Waals surface area contributed by atoms with Crippen molar-refractivity contribution in [3.63, 3.8) is 0 Å². The SMILES string of the molecule is [CH2]CNc1ccc(C(F)(F)F)cc1. The van der Waals surface area contributed by atoms with Crippen LogP contribution in [0.25, 0.3) is 0 Å². The Morgan fingerprint density at radius 2 is 1.69 bits per heavy atom. The summed E-state index contributed by atoms with van der Waals surface area (Å²) < 4.78 is 36.2. The van der Waals surface area contributed by atoms with Crippen LogP contribution in [0.15, 0.2) is 24.3 Å². The summed E-state index contributed by atoms with van der Waals surface area (Å²) in [6.45, 7) is 3.97. The molecule has 1 N–H and O–H groups in total. The number of halogens is 3. The van der Waals surface area contributed by atoms with Crippen LogP contribution in [0, 0.1) is 6.92 Å². The maximum absolute atomic E-state index is 12.1. The third-order valence-electron chi connectivity index (χ3n) is 1.54. The fourth-order valence-corrected chi connectivity index (χ4v) is 0.921. The van der Waals surface area contributed by atoms with Crippen LogP contribution < -0.4 is 5.32 Å². The van der Waals surface area contributed by atoms with Crippen molar-refractivity contribution in [1.82, 2.24) is 0 Å². The average molecular weight is 188 g/mol. The highest BCUT2D eigenvalue weighted by molar-refractivity contribution is 5.45. The van der Waals surface area contributed by atoms with E-state index in [0.29, 0.717) is 12.2 Å². The lowest BCUT2D eigenvalue weighted by Gasteiger charge is -2.07. The standard InChI is InChI=1S/C9H9F3N/c1-2-13-8-5-3-7(4-6-8)9(10,11)12/h3-6,13H,1-2H2. The summed E-state index contributed by atoms with van der Waals surface area (Å²) in [7, 11) is 0. The van der Waals surface area contributed by atoms with Crippen LogP contribution in [0.5, 0.6) is 0 Å². The molecule has 0 amide bonds. The molecule has 0 aliphatic heterocycles. The van der Waals surface area contributed by atoms with Gasteiger partial charge < -0.3 is 5.32 Å². The zero-order valence-electron chi connectivity index (χ0n) is 6.86. The number of alkyl halides is 3. The van der Waals surface area contributed by atoms with Crippen LogP contribution in [0.4, 0.5) is 18.9 Å². The van der Waals surface area contributed by atoms with Gasteiger partial charge in [-0.05, 0) is 31.2 Å². The minimum atomic E-state index is -4.26. The molecule has 1 rings (SSSR count). The molecule has 13 heavy (non-hydrogen) atoms. The lowest BCUT2D eigenvalue weighted by atomic mass is 10.2. The van der Waals surface area contributed by atoms with Crippen molar-refractivity contribution in [2.45, 2.75) is 6.18 Å². The summed E-state index contributed by atoms with van der Waals surface area (Å²) in [4.78, 5) is 0. The van der Waals surface area contributed by atoms with E-state index in [4.69, 9.17) is 0 Å². The van der Waals surface area contributed by atoms with Crippen LogP contribution in [-0.2, 0) is 6.18 Å². The molecule has 71 valence electrons. The van der Waals surface area contributed by atoms with E-state index in [2.05, 4.69) is 12.2 Å². The van der Waals surface area contributed by atoms with Crippen molar-refractivity contribution in [3.05, 3.63) is 36.8 Å². The molecule has 0 fully saturated rings. The van der Waals surface area contributed by atoms with Gasteiger partial charge in [-0.2, -0.15) is 13.2 Å². The largest absolute Gasteiger partial charge is 0.416 e. The van der Waals surface area contributed by atoms with Gasteiger partial charge in [0.2, 0.25) is 0 Å². The second-order valence-corrected chi connectivity index (χ2v) is 2.50. The molecular formula is C9H9F3N. The van der Waals surface area contributed by atoms with Crippen LogP contribution in [0.1, 0.15) is 5.56 Å². The predicted molar refractivity (Wildman–Crippen MR) is 45.3 cm³/mol. The van der Waals surface area contributed by atoms with Crippen molar-refractivity contribution >= 4 is 5.69 Å². The molecule has 1 radical (unpaired) electrons. The molecule has 0 bridgehead atoms. The van der Waals surface area contributed by atoms with Crippen LogP contribution in [-0.4, -0.2) is 6.54 Å². The van der Waals surface area contributed by atoms with Gasteiger partial charge >= 0.3 is 6.18 Å². The summed E-state index contributed by atoms with van der Waals surface area (Å²) in [5.74, 6) is 0. The topological polar surface area (TPSA) is 12.0 Å². The fraction of sp³-hybridized carbons (Fsp3) is 0.222. The summed E-state index contributed by atoms with van der Waals surface area (Å²) in [6.07, 6.45) is -4.26.